The zero-order chi connectivity index (χ0) is 16.2. The molecule has 1 atom stereocenters. The van der Waals surface area contributed by atoms with Crippen LogP contribution in [0.2, 0.25) is 0 Å². The van der Waals surface area contributed by atoms with Crippen molar-refractivity contribution in [1.29, 1.82) is 0 Å². The summed E-state index contributed by atoms with van der Waals surface area (Å²) in [5.74, 6) is 1.47. The summed E-state index contributed by atoms with van der Waals surface area (Å²) in [6.45, 7) is 4.75. The van der Waals surface area contributed by atoms with Crippen molar-refractivity contribution < 1.29 is 4.79 Å². The minimum absolute atomic E-state index is 0.0296. The van der Waals surface area contributed by atoms with E-state index in [0.29, 0.717) is 11.6 Å². The first-order chi connectivity index (χ1) is 11.2. The number of likely N-dealkylation sites (tertiary alicyclic amines) is 1. The molecule has 0 spiro atoms. The highest BCUT2D eigenvalue weighted by molar-refractivity contribution is 5.92. The molecule has 3 rings (SSSR count). The van der Waals surface area contributed by atoms with Gasteiger partial charge in [0.25, 0.3) is 5.91 Å². The summed E-state index contributed by atoms with van der Waals surface area (Å²) in [5.41, 5.74) is 0.530. The fourth-order valence-electron chi connectivity index (χ4n) is 3.26. The van der Waals surface area contributed by atoms with E-state index >= 15 is 0 Å². The first kappa shape index (κ1) is 15.8. The van der Waals surface area contributed by atoms with Crippen molar-refractivity contribution in [1.82, 2.24) is 24.2 Å². The topological polar surface area (TPSA) is 56.0 Å². The van der Waals surface area contributed by atoms with Gasteiger partial charge in [-0.1, -0.05) is 13.3 Å². The number of carbonyl (C=O) groups is 1. The van der Waals surface area contributed by atoms with Crippen molar-refractivity contribution in [3.8, 4) is 0 Å². The van der Waals surface area contributed by atoms with Gasteiger partial charge in [0.15, 0.2) is 0 Å². The Morgan fingerprint density at radius 3 is 3.00 bits per heavy atom. The number of piperidine rings is 1. The molecule has 0 aromatic carbocycles. The second-order valence-electron chi connectivity index (χ2n) is 6.30. The van der Waals surface area contributed by atoms with Gasteiger partial charge in [-0.3, -0.25) is 9.48 Å². The number of rotatable bonds is 5. The summed E-state index contributed by atoms with van der Waals surface area (Å²) >= 11 is 0. The molecule has 1 amide bonds. The van der Waals surface area contributed by atoms with Crippen molar-refractivity contribution in [3.63, 3.8) is 0 Å². The molecule has 6 heteroatoms. The standard InChI is InChI=1S/C17H25N5O/c1-3-4-9-21-12-8-18-16(21)14-6-5-10-22(13-14)17(23)15-7-11-20(2)19-15/h7-8,11-12,14H,3-6,9-10,13H2,1-2H3/t14-/m0/s1. The maximum Gasteiger partial charge on any atom is 0.274 e. The zero-order valence-electron chi connectivity index (χ0n) is 14.0. The maximum atomic E-state index is 12.6. The predicted octanol–water partition coefficient (Wildman–Crippen LogP) is 2.44. The summed E-state index contributed by atoms with van der Waals surface area (Å²) < 4.78 is 3.93. The smallest absolute Gasteiger partial charge is 0.274 e. The van der Waals surface area contributed by atoms with E-state index in [-0.39, 0.29) is 5.91 Å². The van der Waals surface area contributed by atoms with Crippen molar-refractivity contribution in [2.75, 3.05) is 13.1 Å². The Kier molecular flexibility index (Phi) is 4.79. The number of carbonyl (C=O) groups excluding carboxylic acids is 1. The van der Waals surface area contributed by atoms with Gasteiger partial charge in [-0.05, 0) is 25.3 Å². The van der Waals surface area contributed by atoms with Crippen LogP contribution in [-0.2, 0) is 13.6 Å². The van der Waals surface area contributed by atoms with Gasteiger partial charge < -0.3 is 9.47 Å². The summed E-state index contributed by atoms with van der Waals surface area (Å²) in [5, 5.41) is 4.24. The van der Waals surface area contributed by atoms with Crippen LogP contribution in [0.5, 0.6) is 0 Å². The Labute approximate surface area is 137 Å². The summed E-state index contributed by atoms with van der Waals surface area (Å²) in [6.07, 6.45) is 10.2. The molecule has 3 heterocycles. The largest absolute Gasteiger partial charge is 0.337 e. The highest BCUT2D eigenvalue weighted by Crippen LogP contribution is 2.26. The van der Waals surface area contributed by atoms with E-state index in [9.17, 15) is 4.79 Å². The number of hydrogen-bond acceptors (Lipinski definition) is 3. The molecule has 0 saturated carbocycles. The number of aryl methyl sites for hydroxylation is 2. The lowest BCUT2D eigenvalue weighted by Gasteiger charge is -2.32. The first-order valence-corrected chi connectivity index (χ1v) is 8.49. The van der Waals surface area contributed by atoms with E-state index < -0.39 is 0 Å². The molecule has 2 aromatic rings. The van der Waals surface area contributed by atoms with E-state index in [2.05, 4.69) is 27.8 Å². The van der Waals surface area contributed by atoms with Crippen LogP contribution < -0.4 is 0 Å². The van der Waals surface area contributed by atoms with Crippen LogP contribution in [-0.4, -0.2) is 43.2 Å². The highest BCUT2D eigenvalue weighted by atomic mass is 16.2. The van der Waals surface area contributed by atoms with Gasteiger partial charge in [0.2, 0.25) is 0 Å². The fraction of sp³-hybridized carbons (Fsp3) is 0.588. The van der Waals surface area contributed by atoms with Gasteiger partial charge in [0.05, 0.1) is 0 Å². The Morgan fingerprint density at radius 1 is 1.39 bits per heavy atom. The third-order valence-corrected chi connectivity index (χ3v) is 4.51. The second kappa shape index (κ2) is 6.98. The highest BCUT2D eigenvalue weighted by Gasteiger charge is 2.28. The van der Waals surface area contributed by atoms with Crippen molar-refractivity contribution in [3.05, 3.63) is 36.2 Å². The van der Waals surface area contributed by atoms with Crippen molar-refractivity contribution >= 4 is 5.91 Å². The SMILES string of the molecule is CCCCn1ccnc1[C@H]1CCCN(C(=O)c2ccn(C)n2)C1. The fourth-order valence-corrected chi connectivity index (χ4v) is 3.26. The lowest BCUT2D eigenvalue weighted by Crippen LogP contribution is -2.40. The normalized spacial score (nSPS) is 18.3. The van der Waals surface area contributed by atoms with E-state index in [1.807, 2.05) is 24.3 Å². The molecule has 1 saturated heterocycles. The van der Waals surface area contributed by atoms with Gasteiger partial charge in [-0.2, -0.15) is 5.10 Å². The number of aromatic nitrogens is 4. The van der Waals surface area contributed by atoms with E-state index in [0.717, 1.165) is 44.7 Å². The van der Waals surface area contributed by atoms with Crippen LogP contribution in [0.15, 0.2) is 24.7 Å². The zero-order valence-corrected chi connectivity index (χ0v) is 14.0. The van der Waals surface area contributed by atoms with Gasteiger partial charge in [-0.25, -0.2) is 4.98 Å². The molecule has 0 aliphatic carbocycles. The number of imidazole rings is 1. The average molecular weight is 315 g/mol. The molecule has 0 radical (unpaired) electrons. The number of amides is 1. The van der Waals surface area contributed by atoms with Crippen molar-refractivity contribution in [2.24, 2.45) is 7.05 Å². The minimum atomic E-state index is 0.0296. The van der Waals surface area contributed by atoms with Gasteiger partial charge in [0, 0.05) is 51.2 Å². The Morgan fingerprint density at radius 2 is 2.26 bits per heavy atom. The van der Waals surface area contributed by atoms with E-state index in [1.165, 1.54) is 6.42 Å². The molecule has 0 bridgehead atoms. The summed E-state index contributed by atoms with van der Waals surface area (Å²) in [6, 6.07) is 1.79. The third kappa shape index (κ3) is 3.46. The number of nitrogens with zero attached hydrogens (tertiary/aromatic N) is 5. The van der Waals surface area contributed by atoms with Crippen LogP contribution in [0.25, 0.3) is 0 Å². The van der Waals surface area contributed by atoms with E-state index in [1.54, 1.807) is 10.7 Å². The van der Waals surface area contributed by atoms with Crippen LogP contribution in [0.4, 0.5) is 0 Å². The molecular formula is C17H25N5O. The van der Waals surface area contributed by atoms with Crippen molar-refractivity contribution in [2.45, 2.75) is 45.1 Å². The predicted molar refractivity (Wildman–Crippen MR) is 88.2 cm³/mol. The summed E-state index contributed by atoms with van der Waals surface area (Å²) in [7, 11) is 1.83. The number of unbranched alkanes of at least 4 members (excludes halogenated alkanes) is 1. The summed E-state index contributed by atoms with van der Waals surface area (Å²) in [4.78, 5) is 19.1. The molecule has 2 aromatic heterocycles. The molecule has 124 valence electrons. The molecule has 1 aliphatic rings. The monoisotopic (exact) mass is 315 g/mol. The molecule has 23 heavy (non-hydrogen) atoms. The molecule has 6 nitrogen and oxygen atoms in total. The van der Waals surface area contributed by atoms with Gasteiger partial charge in [0.1, 0.15) is 11.5 Å². The quantitative estimate of drug-likeness (QED) is 0.851. The molecular weight excluding hydrogens is 290 g/mol. The van der Waals surface area contributed by atoms with E-state index in [4.69, 9.17) is 0 Å². The Hall–Kier alpha value is -2.11. The minimum Gasteiger partial charge on any atom is -0.337 e. The molecule has 1 aliphatic heterocycles. The van der Waals surface area contributed by atoms with Gasteiger partial charge >= 0.3 is 0 Å². The molecule has 1 fully saturated rings. The second-order valence-corrected chi connectivity index (χ2v) is 6.30. The maximum absolute atomic E-state index is 12.6. The van der Waals surface area contributed by atoms with Crippen LogP contribution in [0, 0.1) is 0 Å². The van der Waals surface area contributed by atoms with Gasteiger partial charge in [-0.15, -0.1) is 0 Å². The van der Waals surface area contributed by atoms with Crippen LogP contribution in [0.1, 0.15) is 54.8 Å². The lowest BCUT2D eigenvalue weighted by molar-refractivity contribution is 0.0696. The molecule has 0 N–H and O–H groups in total. The Balaban J connectivity index is 1.71. The Bertz CT molecular complexity index is 659. The first-order valence-electron chi connectivity index (χ1n) is 8.49. The number of hydrogen-bond donors (Lipinski definition) is 0. The third-order valence-electron chi connectivity index (χ3n) is 4.51. The lowest BCUT2D eigenvalue weighted by atomic mass is 9.96. The average Bonchev–Trinajstić information content (AvgIpc) is 3.21. The molecule has 0 unspecified atom stereocenters. The van der Waals surface area contributed by atoms with Crippen LogP contribution in [0.3, 0.4) is 0 Å². The van der Waals surface area contributed by atoms with Crippen LogP contribution >= 0.6 is 0 Å².